The summed E-state index contributed by atoms with van der Waals surface area (Å²) in [6.45, 7) is 0.166. The van der Waals surface area contributed by atoms with Gasteiger partial charge in [-0.05, 0) is 29.8 Å². The van der Waals surface area contributed by atoms with E-state index in [1.54, 1.807) is 0 Å². The Kier molecular flexibility index (Phi) is 3.83. The minimum Gasteiger partial charge on any atom is -0.491 e. The first-order valence-electron chi connectivity index (χ1n) is 6.83. The number of rotatable bonds is 2. The summed E-state index contributed by atoms with van der Waals surface area (Å²) in [5.41, 5.74) is 5.06. The maximum Gasteiger partial charge on any atom is 0.573 e. The molecule has 0 radical (unpaired) electrons. The zero-order valence-electron chi connectivity index (χ0n) is 12.0. The van der Waals surface area contributed by atoms with Gasteiger partial charge in [-0.3, -0.25) is 0 Å². The van der Waals surface area contributed by atoms with Gasteiger partial charge >= 0.3 is 6.36 Å². The van der Waals surface area contributed by atoms with Gasteiger partial charge in [0.05, 0.1) is 12.1 Å². The maximum atomic E-state index is 14.0. The van der Waals surface area contributed by atoms with E-state index < -0.39 is 29.4 Å². The highest BCUT2D eigenvalue weighted by Crippen LogP contribution is 2.40. The molecule has 0 aliphatic carbocycles. The molecule has 0 bridgehead atoms. The second kappa shape index (κ2) is 5.59. The van der Waals surface area contributed by atoms with E-state index in [0.717, 1.165) is 18.2 Å². The second-order valence-corrected chi connectivity index (χ2v) is 5.24. The Morgan fingerprint density at radius 3 is 2.58 bits per heavy atom. The van der Waals surface area contributed by atoms with Crippen molar-refractivity contribution in [1.29, 1.82) is 0 Å². The van der Waals surface area contributed by atoms with E-state index in [0.29, 0.717) is 0 Å². The van der Waals surface area contributed by atoms with Gasteiger partial charge in [-0.1, -0.05) is 6.07 Å². The van der Waals surface area contributed by atoms with Crippen LogP contribution < -0.4 is 15.2 Å². The highest BCUT2D eigenvalue weighted by molar-refractivity contribution is 5.45. The highest BCUT2D eigenvalue weighted by atomic mass is 19.4. The van der Waals surface area contributed by atoms with Crippen molar-refractivity contribution < 1.29 is 31.4 Å². The normalized spacial score (nSPS) is 20.2. The first-order chi connectivity index (χ1) is 11.2. The molecule has 1 aromatic carbocycles. The molecule has 0 saturated heterocycles. The number of fused-ring (bicyclic) bond motifs is 1. The van der Waals surface area contributed by atoms with Gasteiger partial charge in [0.1, 0.15) is 11.4 Å². The third-order valence-electron chi connectivity index (χ3n) is 3.67. The fraction of sp³-hybridized carbons (Fsp3) is 0.267. The number of halogens is 5. The maximum absolute atomic E-state index is 14.0. The van der Waals surface area contributed by atoms with Gasteiger partial charge in [0.25, 0.3) is 0 Å². The van der Waals surface area contributed by atoms with Crippen molar-refractivity contribution in [2.75, 3.05) is 6.61 Å². The van der Waals surface area contributed by atoms with Crippen LogP contribution in [0.1, 0.15) is 17.7 Å². The number of aromatic nitrogens is 1. The molecule has 4 nitrogen and oxygen atoms in total. The number of benzene rings is 1. The largest absolute Gasteiger partial charge is 0.573 e. The van der Waals surface area contributed by atoms with Crippen molar-refractivity contribution in [3.05, 3.63) is 53.4 Å². The molecule has 2 heterocycles. The van der Waals surface area contributed by atoms with E-state index >= 15 is 0 Å². The predicted molar refractivity (Wildman–Crippen MR) is 72.4 cm³/mol. The van der Waals surface area contributed by atoms with Crippen LogP contribution >= 0.6 is 0 Å². The standard InChI is InChI=1S/C15H11F5N2O2/c16-9-7-8(1-2-10(9)24-15(18,19)20)14(21)5-6-23-11-3-4-12(17)22-13(11)14/h1-4,7H,5-6,21H2/t14-/m0/s1. The van der Waals surface area contributed by atoms with Crippen molar-refractivity contribution in [1.82, 2.24) is 4.98 Å². The number of hydrogen-bond acceptors (Lipinski definition) is 4. The SMILES string of the molecule is N[C@]1(c2ccc(OC(F)(F)F)c(F)c2)CCOc2ccc(F)nc21. The van der Waals surface area contributed by atoms with Crippen molar-refractivity contribution in [2.24, 2.45) is 5.73 Å². The second-order valence-electron chi connectivity index (χ2n) is 5.24. The average molecular weight is 346 g/mol. The summed E-state index contributed by atoms with van der Waals surface area (Å²) in [5, 5.41) is 0. The molecule has 9 heteroatoms. The molecule has 1 atom stereocenters. The van der Waals surface area contributed by atoms with Gasteiger partial charge in [-0.15, -0.1) is 13.2 Å². The molecule has 3 rings (SSSR count). The van der Waals surface area contributed by atoms with Crippen LogP contribution in [0.2, 0.25) is 0 Å². The van der Waals surface area contributed by atoms with Gasteiger partial charge in [-0.25, -0.2) is 9.37 Å². The smallest absolute Gasteiger partial charge is 0.491 e. The predicted octanol–water partition coefficient (Wildman–Crippen LogP) is 3.24. The number of alkyl halides is 3. The molecule has 0 fully saturated rings. The lowest BCUT2D eigenvalue weighted by molar-refractivity contribution is -0.275. The molecule has 1 aliphatic heterocycles. The van der Waals surface area contributed by atoms with Crippen molar-refractivity contribution in [3.8, 4) is 11.5 Å². The van der Waals surface area contributed by atoms with Crippen LogP contribution in [-0.4, -0.2) is 18.0 Å². The highest BCUT2D eigenvalue weighted by Gasteiger charge is 2.39. The minimum atomic E-state index is -5.02. The molecule has 2 aromatic rings. The molecule has 1 aliphatic rings. The van der Waals surface area contributed by atoms with E-state index in [9.17, 15) is 22.0 Å². The molecular weight excluding hydrogens is 335 g/mol. The van der Waals surface area contributed by atoms with Gasteiger partial charge in [-0.2, -0.15) is 4.39 Å². The van der Waals surface area contributed by atoms with Gasteiger partial charge in [0.2, 0.25) is 5.95 Å². The van der Waals surface area contributed by atoms with Crippen molar-refractivity contribution in [2.45, 2.75) is 18.3 Å². The number of pyridine rings is 1. The minimum absolute atomic E-state index is 0.0534. The third-order valence-corrected chi connectivity index (χ3v) is 3.67. The Bertz CT molecular complexity index is 781. The van der Waals surface area contributed by atoms with Gasteiger partial charge in [0, 0.05) is 6.42 Å². The molecule has 128 valence electrons. The van der Waals surface area contributed by atoms with E-state index in [2.05, 4.69) is 9.72 Å². The Balaban J connectivity index is 2.04. The summed E-state index contributed by atoms with van der Waals surface area (Å²) in [4.78, 5) is 3.70. The van der Waals surface area contributed by atoms with E-state index in [-0.39, 0.29) is 30.0 Å². The zero-order valence-corrected chi connectivity index (χ0v) is 12.0. The van der Waals surface area contributed by atoms with Crippen molar-refractivity contribution in [3.63, 3.8) is 0 Å². The lowest BCUT2D eigenvalue weighted by Gasteiger charge is -2.34. The summed E-state index contributed by atoms with van der Waals surface area (Å²) < 4.78 is 72.9. The number of hydrogen-bond donors (Lipinski definition) is 1. The van der Waals surface area contributed by atoms with Crippen LogP contribution in [0.25, 0.3) is 0 Å². The van der Waals surface area contributed by atoms with Crippen LogP contribution in [0.5, 0.6) is 11.5 Å². The summed E-state index contributed by atoms with van der Waals surface area (Å²) in [6.07, 6.45) is -4.87. The lowest BCUT2D eigenvalue weighted by Crippen LogP contribution is -2.43. The zero-order chi connectivity index (χ0) is 17.5. The first kappa shape index (κ1) is 16.4. The van der Waals surface area contributed by atoms with E-state index in [4.69, 9.17) is 10.5 Å². The molecule has 0 saturated carbocycles. The van der Waals surface area contributed by atoms with Crippen molar-refractivity contribution >= 4 is 0 Å². The molecular formula is C15H11F5N2O2. The number of nitrogens with zero attached hydrogens (tertiary/aromatic N) is 1. The van der Waals surface area contributed by atoms with Gasteiger partial charge < -0.3 is 15.2 Å². The quantitative estimate of drug-likeness (QED) is 0.670. The first-order valence-corrected chi connectivity index (χ1v) is 6.83. The molecule has 24 heavy (non-hydrogen) atoms. The molecule has 0 amide bonds. The Hall–Kier alpha value is -2.42. The molecule has 0 unspecified atom stereocenters. The third kappa shape index (κ3) is 2.99. The van der Waals surface area contributed by atoms with E-state index in [1.807, 2.05) is 0 Å². The Morgan fingerprint density at radius 2 is 1.92 bits per heavy atom. The summed E-state index contributed by atoms with van der Waals surface area (Å²) in [5.74, 6) is -2.78. The van der Waals surface area contributed by atoms with Crippen LogP contribution in [0.4, 0.5) is 22.0 Å². The van der Waals surface area contributed by atoms with Crippen LogP contribution in [0, 0.1) is 11.8 Å². The summed E-state index contributed by atoms with van der Waals surface area (Å²) in [7, 11) is 0. The monoisotopic (exact) mass is 346 g/mol. The summed E-state index contributed by atoms with van der Waals surface area (Å²) >= 11 is 0. The summed E-state index contributed by atoms with van der Waals surface area (Å²) in [6, 6.07) is 5.26. The van der Waals surface area contributed by atoms with Crippen LogP contribution in [0.3, 0.4) is 0 Å². The van der Waals surface area contributed by atoms with Crippen LogP contribution in [-0.2, 0) is 5.54 Å². The number of nitrogens with two attached hydrogens (primary N) is 1. The number of ether oxygens (including phenoxy) is 2. The molecule has 0 spiro atoms. The Labute approximate surface area is 133 Å². The lowest BCUT2D eigenvalue weighted by atomic mass is 9.82. The van der Waals surface area contributed by atoms with Gasteiger partial charge in [0.15, 0.2) is 11.6 Å². The fourth-order valence-corrected chi connectivity index (χ4v) is 2.57. The van der Waals surface area contributed by atoms with Crippen LogP contribution in [0.15, 0.2) is 30.3 Å². The average Bonchev–Trinajstić information content (AvgIpc) is 2.49. The fourth-order valence-electron chi connectivity index (χ4n) is 2.57. The van der Waals surface area contributed by atoms with E-state index in [1.165, 1.54) is 12.1 Å². The Morgan fingerprint density at radius 1 is 1.17 bits per heavy atom. The topological polar surface area (TPSA) is 57.4 Å². The molecule has 1 aromatic heterocycles. The molecule has 2 N–H and O–H groups in total.